The van der Waals surface area contributed by atoms with Crippen LogP contribution in [0.15, 0.2) is 94.7 Å². The third-order valence-corrected chi connectivity index (χ3v) is 11.5. The molecule has 2 atom stereocenters. The summed E-state index contributed by atoms with van der Waals surface area (Å²) in [5, 5.41) is 12.8. The molecule has 15 heteroatoms. The van der Waals surface area contributed by atoms with E-state index in [-0.39, 0.29) is 22.2 Å². The summed E-state index contributed by atoms with van der Waals surface area (Å²) < 4.78 is 61.1. The third kappa shape index (κ3) is 9.09. The number of ether oxygens (including phenoxy) is 1. The zero-order chi connectivity index (χ0) is 35.3. The highest BCUT2D eigenvalue weighted by molar-refractivity contribution is 8.00. The van der Waals surface area contributed by atoms with Crippen molar-refractivity contribution in [1.82, 2.24) is 4.98 Å². The summed E-state index contributed by atoms with van der Waals surface area (Å²) >= 11 is 2.42. The second kappa shape index (κ2) is 14.9. The number of amides is 1. The van der Waals surface area contributed by atoms with Crippen LogP contribution < -0.4 is 19.5 Å². The molecule has 3 N–H and O–H groups in total. The minimum absolute atomic E-state index is 0.0283. The first kappa shape index (κ1) is 35.7. The molecule has 5 rings (SSSR count). The summed E-state index contributed by atoms with van der Waals surface area (Å²) in [5.74, 6) is 0.322. The molecule has 0 bridgehead atoms. The van der Waals surface area contributed by atoms with Crippen LogP contribution in [0.25, 0.3) is 10.2 Å². The molecular formula is C34H33N5O6S4. The van der Waals surface area contributed by atoms with Crippen LogP contribution >= 0.6 is 23.1 Å². The first-order valence-electron chi connectivity index (χ1n) is 15.0. The number of fused-ring (bicyclic) bond motifs is 1. The highest BCUT2D eigenvalue weighted by atomic mass is 32.2. The summed E-state index contributed by atoms with van der Waals surface area (Å²) in [6, 6.07) is 25.6. The molecule has 5 aromatic rings. The van der Waals surface area contributed by atoms with E-state index >= 15 is 0 Å². The van der Waals surface area contributed by atoms with E-state index in [1.807, 2.05) is 45.0 Å². The molecule has 1 aromatic heterocycles. The van der Waals surface area contributed by atoms with Gasteiger partial charge in [0.2, 0.25) is 10.0 Å². The van der Waals surface area contributed by atoms with E-state index in [2.05, 4.69) is 25.8 Å². The van der Waals surface area contributed by atoms with E-state index < -0.39 is 31.4 Å². The molecule has 0 spiro atoms. The summed E-state index contributed by atoms with van der Waals surface area (Å²) in [7, 11) is -7.60. The number of hydrogen-bond donors (Lipinski definition) is 3. The van der Waals surface area contributed by atoms with Gasteiger partial charge >= 0.3 is 0 Å². The number of thiazole rings is 1. The van der Waals surface area contributed by atoms with E-state index in [4.69, 9.17) is 4.74 Å². The van der Waals surface area contributed by atoms with E-state index in [1.54, 1.807) is 24.3 Å². The number of sulfonamides is 2. The van der Waals surface area contributed by atoms with Gasteiger partial charge in [0.1, 0.15) is 16.0 Å². The highest BCUT2D eigenvalue weighted by Crippen LogP contribution is 2.41. The average Bonchev–Trinajstić information content (AvgIpc) is 3.46. The van der Waals surface area contributed by atoms with Gasteiger partial charge in [-0.2, -0.15) is 5.26 Å². The van der Waals surface area contributed by atoms with E-state index in [1.165, 1.54) is 59.5 Å². The molecule has 11 nitrogen and oxygen atoms in total. The van der Waals surface area contributed by atoms with Gasteiger partial charge in [-0.05, 0) is 80.4 Å². The van der Waals surface area contributed by atoms with Crippen molar-refractivity contribution in [2.75, 3.05) is 21.0 Å². The number of nitriles is 1. The maximum atomic E-state index is 13.3. The Bertz CT molecular complexity index is 2280. The monoisotopic (exact) mass is 735 g/mol. The number of nitrogens with zero attached hydrogens (tertiary/aromatic N) is 2. The van der Waals surface area contributed by atoms with Gasteiger partial charge < -0.3 is 10.1 Å². The van der Waals surface area contributed by atoms with Crippen molar-refractivity contribution in [3.63, 3.8) is 0 Å². The Balaban J connectivity index is 1.32. The van der Waals surface area contributed by atoms with Gasteiger partial charge in [0.25, 0.3) is 15.9 Å². The van der Waals surface area contributed by atoms with Crippen LogP contribution in [0.2, 0.25) is 0 Å². The zero-order valence-corrected chi connectivity index (χ0v) is 30.2. The van der Waals surface area contributed by atoms with Gasteiger partial charge in [0, 0.05) is 4.90 Å². The zero-order valence-electron chi connectivity index (χ0n) is 26.9. The van der Waals surface area contributed by atoms with Crippen molar-refractivity contribution in [2.24, 2.45) is 0 Å². The van der Waals surface area contributed by atoms with E-state index in [0.717, 1.165) is 17.4 Å². The maximum absolute atomic E-state index is 13.3. The Morgan fingerprint density at radius 1 is 0.959 bits per heavy atom. The Kier molecular flexibility index (Phi) is 10.8. The van der Waals surface area contributed by atoms with E-state index in [0.29, 0.717) is 38.0 Å². The smallest absolute Gasteiger partial charge is 0.265 e. The number of thioether (sulfide) groups is 1. The molecule has 2 unspecified atom stereocenters. The normalized spacial score (nSPS) is 12.9. The number of carbonyl (C=O) groups is 1. The van der Waals surface area contributed by atoms with Gasteiger partial charge in [-0.15, -0.1) is 11.3 Å². The lowest BCUT2D eigenvalue weighted by Gasteiger charge is -2.20. The number of rotatable bonds is 13. The molecule has 254 valence electrons. The number of para-hydroxylation sites is 1. The van der Waals surface area contributed by atoms with Gasteiger partial charge in [-0.25, -0.2) is 21.8 Å². The maximum Gasteiger partial charge on any atom is 0.265 e. The highest BCUT2D eigenvalue weighted by Gasteiger charge is 2.24. The average molecular weight is 736 g/mol. The minimum Gasteiger partial charge on any atom is -0.480 e. The number of nitrogens with one attached hydrogen (secondary N) is 3. The first-order valence-corrected chi connectivity index (χ1v) is 20.0. The molecule has 4 aromatic carbocycles. The second-order valence-electron chi connectivity index (χ2n) is 11.1. The van der Waals surface area contributed by atoms with Crippen LogP contribution in [0.4, 0.5) is 17.1 Å². The van der Waals surface area contributed by atoms with Crippen molar-refractivity contribution in [2.45, 2.75) is 48.3 Å². The quantitative estimate of drug-likeness (QED) is 0.106. The number of hydrogen-bond acceptors (Lipinski definition) is 10. The van der Waals surface area contributed by atoms with Crippen molar-refractivity contribution in [1.29, 1.82) is 5.26 Å². The third-order valence-electron chi connectivity index (χ3n) is 7.10. The summed E-state index contributed by atoms with van der Waals surface area (Å²) in [6.07, 6.45) is 0.713. The topological polar surface area (TPSA) is 167 Å². The summed E-state index contributed by atoms with van der Waals surface area (Å²) in [4.78, 5) is 18.6. The lowest BCUT2D eigenvalue weighted by Crippen LogP contribution is -2.32. The molecule has 0 saturated carbocycles. The van der Waals surface area contributed by atoms with Crippen molar-refractivity contribution < 1.29 is 26.4 Å². The van der Waals surface area contributed by atoms with Crippen molar-refractivity contribution in [3.8, 4) is 11.8 Å². The Morgan fingerprint density at radius 3 is 2.39 bits per heavy atom. The molecular weight excluding hydrogens is 703 g/mol. The predicted octanol–water partition coefficient (Wildman–Crippen LogP) is 7.24. The predicted molar refractivity (Wildman–Crippen MR) is 195 cm³/mol. The van der Waals surface area contributed by atoms with Crippen LogP contribution in [0.5, 0.6) is 5.75 Å². The van der Waals surface area contributed by atoms with Gasteiger partial charge in [0.15, 0.2) is 6.10 Å². The van der Waals surface area contributed by atoms with Gasteiger partial charge in [0.05, 0.1) is 44.5 Å². The second-order valence-corrected chi connectivity index (χ2v) is 16.8. The molecule has 1 heterocycles. The van der Waals surface area contributed by atoms with E-state index in [9.17, 15) is 26.9 Å². The van der Waals surface area contributed by atoms with Crippen molar-refractivity contribution >= 4 is 76.3 Å². The van der Waals surface area contributed by atoms with Crippen LogP contribution in [0, 0.1) is 25.2 Å². The van der Waals surface area contributed by atoms with Crippen LogP contribution in [0.1, 0.15) is 34.7 Å². The lowest BCUT2D eigenvalue weighted by molar-refractivity contribution is -0.122. The Hall–Kier alpha value is -4.62. The van der Waals surface area contributed by atoms with Gasteiger partial charge in [-0.1, -0.05) is 54.6 Å². The first-order chi connectivity index (χ1) is 23.2. The fourth-order valence-electron chi connectivity index (χ4n) is 4.83. The molecule has 49 heavy (non-hydrogen) atoms. The number of aromatic nitrogens is 1. The number of carbonyl (C=O) groups excluding carboxylic acids is 1. The van der Waals surface area contributed by atoms with Crippen LogP contribution in [-0.4, -0.2) is 40.1 Å². The fraction of sp³-hybridized carbons (Fsp3) is 0.206. The van der Waals surface area contributed by atoms with Crippen molar-refractivity contribution in [3.05, 3.63) is 101 Å². The number of benzene rings is 4. The number of aryl methyl sites for hydroxylation is 2. The number of anilines is 3. The largest absolute Gasteiger partial charge is 0.480 e. The molecule has 0 aliphatic carbocycles. The van der Waals surface area contributed by atoms with Crippen LogP contribution in [0.3, 0.4) is 0 Å². The fourth-order valence-corrected chi connectivity index (χ4v) is 8.62. The minimum atomic E-state index is -4.05. The standard InChI is InChI=1S/C34H33N5O6S4/c1-5-28(45-29-16-13-21(2)17-22(29)3)33(40)36-26-11-6-7-12-30(26)46-32(20-35)34-37-27-15-14-25(19-31(27)47-34)49(43,44)39-24-10-8-9-23(18-24)38-48(4,41)42/h6-19,28,32,38-39H,5H2,1-4H3,(H,36,40). The molecule has 0 fully saturated rings. The summed E-state index contributed by atoms with van der Waals surface area (Å²) in [6.45, 7) is 5.80. The molecule has 0 radical (unpaired) electrons. The Morgan fingerprint density at radius 2 is 1.69 bits per heavy atom. The van der Waals surface area contributed by atoms with Crippen LogP contribution in [-0.2, 0) is 24.8 Å². The molecule has 1 amide bonds. The summed E-state index contributed by atoms with van der Waals surface area (Å²) in [5.41, 5.74) is 3.47. The molecule has 0 saturated heterocycles. The SMILES string of the molecule is CCC(Oc1ccc(C)cc1C)C(=O)Nc1ccccc1SC(C#N)c1nc2ccc(S(=O)(=O)Nc3cccc(NS(C)(=O)=O)c3)cc2s1. The molecule has 0 aliphatic rings. The van der Waals surface area contributed by atoms with Gasteiger partial charge in [-0.3, -0.25) is 14.2 Å². The lowest BCUT2D eigenvalue weighted by atomic mass is 10.1. The molecule has 0 aliphatic heterocycles. The Labute approximate surface area is 293 Å².